The largest absolute Gasteiger partial charge is 0.355 e. The number of hydrogen-bond acceptors (Lipinski definition) is 4. The van der Waals surface area contributed by atoms with Crippen molar-refractivity contribution >= 4 is 28.7 Å². The van der Waals surface area contributed by atoms with Crippen LogP contribution < -0.4 is 10.9 Å². The van der Waals surface area contributed by atoms with Gasteiger partial charge in [0.15, 0.2) is 5.16 Å². The third-order valence-corrected chi connectivity index (χ3v) is 6.72. The molecule has 2 N–H and O–H groups in total. The van der Waals surface area contributed by atoms with Gasteiger partial charge in [-0.15, -0.1) is 0 Å². The molecule has 0 aliphatic rings. The Bertz CT molecular complexity index is 1580. The Labute approximate surface area is 211 Å². The van der Waals surface area contributed by atoms with Gasteiger partial charge in [0.1, 0.15) is 16.9 Å². The first-order valence-corrected chi connectivity index (χ1v) is 12.4. The number of nitrogens with zero attached hydrogens (tertiary/aromatic N) is 2. The summed E-state index contributed by atoms with van der Waals surface area (Å²) in [6.07, 6.45) is 1.76. The smallest absolute Gasteiger partial charge is 0.283 e. The number of benzene rings is 3. The van der Waals surface area contributed by atoms with Crippen molar-refractivity contribution < 1.29 is 9.18 Å². The topological polar surface area (TPSA) is 79.8 Å². The quantitative estimate of drug-likeness (QED) is 0.238. The number of hydrogen-bond donors (Lipinski definition) is 2. The molecule has 0 saturated heterocycles. The van der Waals surface area contributed by atoms with E-state index < -0.39 is 5.82 Å². The molecule has 5 rings (SSSR count). The van der Waals surface area contributed by atoms with Crippen molar-refractivity contribution in [2.45, 2.75) is 18.6 Å². The van der Waals surface area contributed by atoms with E-state index in [1.165, 1.54) is 28.8 Å². The van der Waals surface area contributed by atoms with E-state index in [1.54, 1.807) is 6.20 Å². The molecule has 0 bridgehead atoms. The second-order valence-corrected chi connectivity index (χ2v) is 9.30. The Morgan fingerprint density at radius 2 is 1.75 bits per heavy atom. The number of thioether (sulfide) groups is 1. The molecule has 2 aromatic heterocycles. The molecule has 3 aromatic carbocycles. The van der Waals surface area contributed by atoms with Crippen LogP contribution in [0.4, 0.5) is 4.39 Å². The Kier molecular flexibility index (Phi) is 6.69. The number of aryl methyl sites for hydroxylation is 1. The molecule has 2 heterocycles. The molecule has 1 amide bonds. The molecule has 0 fully saturated rings. The first kappa shape index (κ1) is 23.6. The average molecular weight is 499 g/mol. The lowest BCUT2D eigenvalue weighted by atomic mass is 10.1. The van der Waals surface area contributed by atoms with Crippen molar-refractivity contribution in [1.29, 1.82) is 0 Å². The maximum atomic E-state index is 13.6. The van der Waals surface area contributed by atoms with E-state index in [2.05, 4.69) is 10.3 Å². The summed E-state index contributed by atoms with van der Waals surface area (Å²) in [5.74, 6) is -0.523. The number of fused-ring (bicyclic) bond motifs is 1. The van der Waals surface area contributed by atoms with E-state index >= 15 is 0 Å². The highest BCUT2D eigenvalue weighted by molar-refractivity contribution is 7.99. The van der Waals surface area contributed by atoms with Crippen LogP contribution in [-0.4, -0.2) is 26.2 Å². The van der Waals surface area contributed by atoms with Gasteiger partial charge in [-0.2, -0.15) is 0 Å². The maximum Gasteiger partial charge on any atom is 0.283 e. The molecule has 0 aliphatic heterocycles. The minimum absolute atomic E-state index is 0.0656. The molecule has 0 unspecified atom stereocenters. The van der Waals surface area contributed by atoms with E-state index in [9.17, 15) is 14.0 Å². The molecule has 36 heavy (non-hydrogen) atoms. The fourth-order valence-corrected chi connectivity index (χ4v) is 4.71. The SMILES string of the molecule is Cc1ccc(CNC(=O)CSc2nc3c(-c4ccccc4)c[nH]c3c(=O)n2-c2ccc(F)cc2)cc1. The number of carbonyl (C=O) groups excluding carboxylic acids is 1. The third kappa shape index (κ3) is 4.94. The number of nitrogens with one attached hydrogen (secondary N) is 2. The van der Waals surface area contributed by atoms with Crippen LogP contribution in [-0.2, 0) is 11.3 Å². The van der Waals surface area contributed by atoms with Gasteiger partial charge in [0.2, 0.25) is 5.91 Å². The third-order valence-electron chi connectivity index (χ3n) is 5.78. The molecule has 0 radical (unpaired) electrons. The summed E-state index contributed by atoms with van der Waals surface area (Å²) in [6.45, 7) is 2.42. The first-order chi connectivity index (χ1) is 17.5. The highest BCUT2D eigenvalue weighted by Gasteiger charge is 2.19. The monoisotopic (exact) mass is 498 g/mol. The van der Waals surface area contributed by atoms with Gasteiger partial charge in [-0.25, -0.2) is 9.37 Å². The van der Waals surface area contributed by atoms with Gasteiger partial charge in [0.05, 0.1) is 11.4 Å². The van der Waals surface area contributed by atoms with Gasteiger partial charge in [-0.05, 0) is 42.3 Å². The van der Waals surface area contributed by atoms with Crippen LogP contribution in [0.1, 0.15) is 11.1 Å². The van der Waals surface area contributed by atoms with Crippen molar-refractivity contribution in [3.05, 3.63) is 112 Å². The summed E-state index contributed by atoms with van der Waals surface area (Å²) in [4.78, 5) is 34.0. The first-order valence-electron chi connectivity index (χ1n) is 11.4. The fourth-order valence-electron chi connectivity index (χ4n) is 3.88. The van der Waals surface area contributed by atoms with E-state index in [1.807, 2.05) is 61.5 Å². The molecule has 6 nitrogen and oxygen atoms in total. The Balaban J connectivity index is 1.48. The summed E-state index contributed by atoms with van der Waals surface area (Å²) in [6, 6.07) is 23.2. The lowest BCUT2D eigenvalue weighted by Gasteiger charge is -2.13. The van der Waals surface area contributed by atoms with Gasteiger partial charge in [-0.3, -0.25) is 14.2 Å². The summed E-state index contributed by atoms with van der Waals surface area (Å²) in [5.41, 5.74) is 4.87. The minimum Gasteiger partial charge on any atom is -0.355 e. The van der Waals surface area contributed by atoms with Gasteiger partial charge in [0, 0.05) is 18.3 Å². The van der Waals surface area contributed by atoms with Crippen LogP contribution in [0.25, 0.3) is 27.8 Å². The van der Waals surface area contributed by atoms with Crippen LogP contribution >= 0.6 is 11.8 Å². The second kappa shape index (κ2) is 10.2. The molecule has 0 aliphatic carbocycles. The van der Waals surface area contributed by atoms with E-state index in [0.717, 1.165) is 34.0 Å². The number of aromatic nitrogens is 3. The molecule has 8 heteroatoms. The number of halogens is 1. The summed E-state index contributed by atoms with van der Waals surface area (Å²) in [7, 11) is 0. The normalized spacial score (nSPS) is 11.1. The lowest BCUT2D eigenvalue weighted by molar-refractivity contribution is -0.118. The standard InChI is InChI=1S/C28H23FN4O2S/c1-18-7-9-19(10-8-18)15-30-24(34)17-36-28-32-25-23(20-5-3-2-4-6-20)16-31-26(25)27(35)33(28)22-13-11-21(29)12-14-22/h2-14,16,31H,15,17H2,1H3,(H,30,34). The van der Waals surface area contributed by atoms with Crippen LogP contribution in [0.5, 0.6) is 0 Å². The van der Waals surface area contributed by atoms with Gasteiger partial charge in [-0.1, -0.05) is 71.9 Å². The van der Waals surface area contributed by atoms with Gasteiger partial charge in [0.25, 0.3) is 5.56 Å². The van der Waals surface area contributed by atoms with Crippen molar-refractivity contribution in [1.82, 2.24) is 19.9 Å². The predicted molar refractivity (Wildman–Crippen MR) is 141 cm³/mol. The lowest BCUT2D eigenvalue weighted by Crippen LogP contribution is -2.26. The number of carbonyl (C=O) groups is 1. The Morgan fingerprint density at radius 1 is 1.03 bits per heavy atom. The summed E-state index contributed by atoms with van der Waals surface area (Å²) >= 11 is 1.16. The summed E-state index contributed by atoms with van der Waals surface area (Å²) < 4.78 is 15.0. The minimum atomic E-state index is -0.406. The van der Waals surface area contributed by atoms with Crippen LogP contribution in [0, 0.1) is 12.7 Å². The van der Waals surface area contributed by atoms with E-state index in [-0.39, 0.29) is 17.2 Å². The molecule has 0 saturated carbocycles. The maximum absolute atomic E-state index is 13.6. The summed E-state index contributed by atoms with van der Waals surface area (Å²) in [5, 5.41) is 3.26. The fraction of sp³-hybridized carbons (Fsp3) is 0.107. The number of amides is 1. The zero-order valence-electron chi connectivity index (χ0n) is 19.5. The van der Waals surface area contributed by atoms with Crippen molar-refractivity contribution in [2.24, 2.45) is 0 Å². The molecule has 0 atom stereocenters. The van der Waals surface area contributed by atoms with Crippen molar-refractivity contribution in [2.75, 3.05) is 5.75 Å². The molecule has 180 valence electrons. The van der Waals surface area contributed by atoms with Crippen molar-refractivity contribution in [3.63, 3.8) is 0 Å². The zero-order chi connectivity index (χ0) is 25.1. The van der Waals surface area contributed by atoms with Gasteiger partial charge >= 0.3 is 0 Å². The Hall–Kier alpha value is -4.17. The number of aromatic amines is 1. The molecule has 5 aromatic rings. The van der Waals surface area contributed by atoms with Crippen LogP contribution in [0.15, 0.2) is 95.0 Å². The molecular weight excluding hydrogens is 475 g/mol. The second-order valence-electron chi connectivity index (χ2n) is 8.35. The molecule has 0 spiro atoms. The van der Waals surface area contributed by atoms with Crippen LogP contribution in [0.2, 0.25) is 0 Å². The average Bonchev–Trinajstić information content (AvgIpc) is 3.33. The van der Waals surface area contributed by atoms with E-state index in [4.69, 9.17) is 4.98 Å². The van der Waals surface area contributed by atoms with Crippen LogP contribution in [0.3, 0.4) is 0 Å². The van der Waals surface area contributed by atoms with E-state index in [0.29, 0.717) is 28.4 Å². The molecular formula is C28H23FN4O2S. The highest BCUT2D eigenvalue weighted by atomic mass is 32.2. The van der Waals surface area contributed by atoms with Crippen molar-refractivity contribution in [3.8, 4) is 16.8 Å². The predicted octanol–water partition coefficient (Wildman–Crippen LogP) is 5.24. The highest BCUT2D eigenvalue weighted by Crippen LogP contribution is 2.28. The zero-order valence-corrected chi connectivity index (χ0v) is 20.3. The number of H-pyrrole nitrogens is 1. The Morgan fingerprint density at radius 3 is 2.47 bits per heavy atom. The number of rotatable bonds is 7. The van der Waals surface area contributed by atoms with Gasteiger partial charge < -0.3 is 10.3 Å².